The smallest absolute Gasteiger partial charge is 0.291 e. The van der Waals surface area contributed by atoms with Gasteiger partial charge in [-0.2, -0.15) is 0 Å². The van der Waals surface area contributed by atoms with Gasteiger partial charge in [0.25, 0.3) is 5.91 Å². The number of hydrogen-bond donors (Lipinski definition) is 0. The van der Waals surface area contributed by atoms with Gasteiger partial charge in [0.15, 0.2) is 5.89 Å². The minimum atomic E-state index is -0.0390. The molecule has 0 atom stereocenters. The third-order valence-electron chi connectivity index (χ3n) is 4.34. The van der Waals surface area contributed by atoms with Crippen LogP contribution in [0.5, 0.6) is 0 Å². The summed E-state index contributed by atoms with van der Waals surface area (Å²) in [4.78, 5) is 25.5. The minimum Gasteiger partial charge on any atom is -0.435 e. The first-order chi connectivity index (χ1) is 11.7. The standard InChI is InChI=1S/C18H24N4O2/c1-3-16-20-14(2)17(24-16)18(23)22-9-5-8-21(10-11-22)13-15-6-4-7-19-12-15/h4,6-7,12H,3,5,8-11,13H2,1-2H3. The normalized spacial score (nSPS) is 16.2. The lowest BCUT2D eigenvalue weighted by Crippen LogP contribution is -2.35. The second kappa shape index (κ2) is 7.57. The first kappa shape index (κ1) is 16.6. The fourth-order valence-corrected chi connectivity index (χ4v) is 3.03. The molecule has 1 saturated heterocycles. The predicted molar refractivity (Wildman–Crippen MR) is 90.7 cm³/mol. The van der Waals surface area contributed by atoms with E-state index in [4.69, 9.17) is 4.42 Å². The van der Waals surface area contributed by atoms with Crippen LogP contribution in [0.4, 0.5) is 0 Å². The second-order valence-corrected chi connectivity index (χ2v) is 6.16. The summed E-state index contributed by atoms with van der Waals surface area (Å²) in [5.41, 5.74) is 1.89. The molecule has 128 valence electrons. The van der Waals surface area contributed by atoms with Crippen LogP contribution in [0.15, 0.2) is 28.9 Å². The summed E-state index contributed by atoms with van der Waals surface area (Å²) in [6.07, 6.45) is 5.35. The molecule has 3 heterocycles. The lowest BCUT2D eigenvalue weighted by Gasteiger charge is -2.21. The van der Waals surface area contributed by atoms with Crippen LogP contribution in [0, 0.1) is 6.92 Å². The number of amides is 1. The van der Waals surface area contributed by atoms with Gasteiger partial charge >= 0.3 is 0 Å². The average molecular weight is 328 g/mol. The highest BCUT2D eigenvalue weighted by Crippen LogP contribution is 2.16. The summed E-state index contributed by atoms with van der Waals surface area (Å²) in [5, 5.41) is 0. The molecule has 1 aliphatic heterocycles. The maximum Gasteiger partial charge on any atom is 0.291 e. The van der Waals surface area contributed by atoms with E-state index in [1.807, 2.05) is 31.0 Å². The van der Waals surface area contributed by atoms with Crippen molar-refractivity contribution < 1.29 is 9.21 Å². The van der Waals surface area contributed by atoms with Gasteiger partial charge in [-0.25, -0.2) is 4.98 Å². The largest absolute Gasteiger partial charge is 0.435 e. The van der Waals surface area contributed by atoms with Crippen LogP contribution >= 0.6 is 0 Å². The van der Waals surface area contributed by atoms with E-state index < -0.39 is 0 Å². The fourth-order valence-electron chi connectivity index (χ4n) is 3.03. The van der Waals surface area contributed by atoms with Crippen molar-refractivity contribution in [1.29, 1.82) is 0 Å². The maximum atomic E-state index is 12.7. The van der Waals surface area contributed by atoms with Gasteiger partial charge in [-0.15, -0.1) is 0 Å². The molecule has 1 fully saturated rings. The van der Waals surface area contributed by atoms with E-state index in [0.717, 1.165) is 32.6 Å². The van der Waals surface area contributed by atoms with E-state index >= 15 is 0 Å². The number of aromatic nitrogens is 2. The number of carbonyl (C=O) groups is 1. The van der Waals surface area contributed by atoms with Crippen LogP contribution in [-0.2, 0) is 13.0 Å². The molecule has 0 saturated carbocycles. The van der Waals surface area contributed by atoms with E-state index in [9.17, 15) is 4.79 Å². The molecule has 1 aliphatic rings. The van der Waals surface area contributed by atoms with E-state index in [-0.39, 0.29) is 5.91 Å². The molecule has 0 bridgehead atoms. The molecule has 0 spiro atoms. The van der Waals surface area contributed by atoms with Crippen molar-refractivity contribution in [3.8, 4) is 0 Å². The Morgan fingerprint density at radius 3 is 2.88 bits per heavy atom. The zero-order valence-electron chi connectivity index (χ0n) is 14.4. The predicted octanol–water partition coefficient (Wildman–Crippen LogP) is 2.29. The van der Waals surface area contributed by atoms with Crippen LogP contribution in [0.2, 0.25) is 0 Å². The van der Waals surface area contributed by atoms with Gasteiger partial charge in [-0.05, 0) is 25.0 Å². The van der Waals surface area contributed by atoms with Crippen LogP contribution in [0.3, 0.4) is 0 Å². The molecule has 6 nitrogen and oxygen atoms in total. The Balaban J connectivity index is 1.62. The molecule has 2 aromatic heterocycles. The van der Waals surface area contributed by atoms with Gasteiger partial charge in [-0.3, -0.25) is 14.7 Å². The van der Waals surface area contributed by atoms with Crippen molar-refractivity contribution in [2.75, 3.05) is 26.2 Å². The number of rotatable bonds is 4. The minimum absolute atomic E-state index is 0.0390. The van der Waals surface area contributed by atoms with Gasteiger partial charge in [0.2, 0.25) is 5.76 Å². The molecule has 0 aliphatic carbocycles. The van der Waals surface area contributed by atoms with Crippen molar-refractivity contribution in [3.05, 3.63) is 47.4 Å². The molecule has 6 heteroatoms. The molecule has 0 aromatic carbocycles. The van der Waals surface area contributed by atoms with Gasteiger partial charge < -0.3 is 9.32 Å². The number of nitrogens with zero attached hydrogens (tertiary/aromatic N) is 4. The molecule has 3 rings (SSSR count). The highest BCUT2D eigenvalue weighted by Gasteiger charge is 2.25. The van der Waals surface area contributed by atoms with E-state index in [1.165, 1.54) is 5.56 Å². The number of pyridine rings is 1. The molecule has 0 unspecified atom stereocenters. The molecular formula is C18H24N4O2. The summed E-state index contributed by atoms with van der Waals surface area (Å²) in [5.74, 6) is 0.986. The Morgan fingerprint density at radius 2 is 2.17 bits per heavy atom. The van der Waals surface area contributed by atoms with Crippen molar-refractivity contribution in [2.24, 2.45) is 0 Å². The third-order valence-corrected chi connectivity index (χ3v) is 4.34. The molecule has 0 N–H and O–H groups in total. The zero-order valence-corrected chi connectivity index (χ0v) is 14.4. The fraction of sp³-hybridized carbons (Fsp3) is 0.500. The summed E-state index contributed by atoms with van der Waals surface area (Å²) in [6, 6.07) is 4.05. The van der Waals surface area contributed by atoms with Crippen molar-refractivity contribution in [2.45, 2.75) is 33.2 Å². The number of hydrogen-bond acceptors (Lipinski definition) is 5. The molecular weight excluding hydrogens is 304 g/mol. The average Bonchev–Trinajstić information content (AvgIpc) is 2.83. The van der Waals surface area contributed by atoms with E-state index in [0.29, 0.717) is 30.3 Å². The first-order valence-electron chi connectivity index (χ1n) is 8.54. The Labute approximate surface area is 142 Å². The lowest BCUT2D eigenvalue weighted by atomic mass is 10.2. The van der Waals surface area contributed by atoms with Crippen LogP contribution in [-0.4, -0.2) is 51.9 Å². The molecule has 2 aromatic rings. The quantitative estimate of drug-likeness (QED) is 0.862. The summed E-state index contributed by atoms with van der Waals surface area (Å²) in [6.45, 7) is 7.98. The Morgan fingerprint density at radius 1 is 1.29 bits per heavy atom. The summed E-state index contributed by atoms with van der Waals surface area (Å²) in [7, 11) is 0. The van der Waals surface area contributed by atoms with Crippen molar-refractivity contribution >= 4 is 5.91 Å². The second-order valence-electron chi connectivity index (χ2n) is 6.16. The topological polar surface area (TPSA) is 62.5 Å². The molecule has 0 radical (unpaired) electrons. The van der Waals surface area contributed by atoms with E-state index in [1.54, 1.807) is 6.20 Å². The lowest BCUT2D eigenvalue weighted by molar-refractivity contribution is 0.0726. The van der Waals surface area contributed by atoms with Crippen molar-refractivity contribution in [1.82, 2.24) is 19.8 Å². The monoisotopic (exact) mass is 328 g/mol. The zero-order chi connectivity index (χ0) is 16.9. The maximum absolute atomic E-state index is 12.7. The summed E-state index contributed by atoms with van der Waals surface area (Å²) < 4.78 is 5.62. The highest BCUT2D eigenvalue weighted by molar-refractivity contribution is 5.92. The number of oxazole rings is 1. The molecule has 1 amide bonds. The Bertz CT molecular complexity index is 684. The van der Waals surface area contributed by atoms with Crippen LogP contribution < -0.4 is 0 Å². The number of carbonyl (C=O) groups excluding carboxylic acids is 1. The molecule has 24 heavy (non-hydrogen) atoms. The first-order valence-corrected chi connectivity index (χ1v) is 8.54. The highest BCUT2D eigenvalue weighted by atomic mass is 16.4. The van der Waals surface area contributed by atoms with Gasteiger partial charge in [0.05, 0.1) is 5.69 Å². The summed E-state index contributed by atoms with van der Waals surface area (Å²) >= 11 is 0. The third kappa shape index (κ3) is 3.82. The van der Waals surface area contributed by atoms with Crippen LogP contribution in [0.1, 0.15) is 41.0 Å². The van der Waals surface area contributed by atoms with E-state index in [2.05, 4.69) is 20.9 Å². The Hall–Kier alpha value is -2.21. The van der Waals surface area contributed by atoms with Gasteiger partial charge in [0.1, 0.15) is 0 Å². The Kier molecular flexibility index (Phi) is 5.25. The van der Waals surface area contributed by atoms with Crippen molar-refractivity contribution in [3.63, 3.8) is 0 Å². The van der Waals surface area contributed by atoms with Gasteiger partial charge in [-0.1, -0.05) is 13.0 Å². The van der Waals surface area contributed by atoms with Gasteiger partial charge in [0, 0.05) is 51.5 Å². The van der Waals surface area contributed by atoms with Crippen LogP contribution in [0.25, 0.3) is 0 Å². The number of aryl methyl sites for hydroxylation is 2. The SMILES string of the molecule is CCc1nc(C)c(C(=O)N2CCCN(Cc3cccnc3)CC2)o1.